The van der Waals surface area contributed by atoms with Gasteiger partial charge in [0.05, 0.1) is 19.1 Å². The average Bonchev–Trinajstić information content (AvgIpc) is 2.76. The van der Waals surface area contributed by atoms with E-state index < -0.39 is 25.6 Å². The number of rotatable bonds is 8. The molecule has 4 atom stereocenters. The molecule has 2 aliphatic rings. The van der Waals surface area contributed by atoms with Gasteiger partial charge >= 0.3 is 6.18 Å². The molecule has 0 spiro atoms. The second-order valence-electron chi connectivity index (χ2n) is 7.42. The van der Waals surface area contributed by atoms with Crippen LogP contribution in [0.5, 0.6) is 0 Å². The van der Waals surface area contributed by atoms with Crippen LogP contribution in [0.3, 0.4) is 0 Å². The number of fused-ring (bicyclic) bond motifs is 2. The minimum atomic E-state index is -4.33. The summed E-state index contributed by atoms with van der Waals surface area (Å²) in [4.78, 5) is 0. The van der Waals surface area contributed by atoms with E-state index >= 15 is 0 Å². The molecule has 0 aromatic rings. The van der Waals surface area contributed by atoms with Crippen LogP contribution >= 0.6 is 30.1 Å². The van der Waals surface area contributed by atoms with E-state index in [9.17, 15) is 13.2 Å². The maximum absolute atomic E-state index is 14.1. The first-order valence-electron chi connectivity index (χ1n) is 9.30. The number of nitriles is 1. The van der Waals surface area contributed by atoms with E-state index in [1.807, 2.05) is 38.4 Å². The highest BCUT2D eigenvalue weighted by Crippen LogP contribution is 2.66. The molecule has 2 bridgehead atoms. The molecule has 2 rings (SSSR count). The smallest absolute Gasteiger partial charge is 0.321 e. The second kappa shape index (κ2) is 9.86. The SMILES string of the molecule is CC(C)N(C(C)C)P(OCCC#N)OC1C2CCCCC1(C(F)(F)F)SS2. The zero-order valence-corrected chi connectivity index (χ0v) is 18.7. The fourth-order valence-electron chi connectivity index (χ4n) is 3.56. The van der Waals surface area contributed by atoms with Crippen molar-refractivity contribution in [2.75, 3.05) is 6.61 Å². The Morgan fingerprint density at radius 3 is 2.48 bits per heavy atom. The van der Waals surface area contributed by atoms with Crippen LogP contribution in [-0.4, -0.2) is 45.6 Å². The standard InChI is InChI=1S/C17H28F3N2O2PS2/c1-12(2)22(13(3)4)25(23-11-7-10-21)24-15-14-8-5-6-9-16(15,27-26-14)17(18,19)20/h12-15H,5-9,11H2,1-4H3. The third-order valence-electron chi connectivity index (χ3n) is 4.75. The van der Waals surface area contributed by atoms with Crippen molar-refractivity contribution in [2.24, 2.45) is 0 Å². The van der Waals surface area contributed by atoms with Gasteiger partial charge in [0.1, 0.15) is 10.9 Å². The van der Waals surface area contributed by atoms with Crippen molar-refractivity contribution in [3.8, 4) is 6.07 Å². The lowest BCUT2D eigenvalue weighted by atomic mass is 9.95. The Hall–Kier alpha value is 0.290. The molecule has 1 aliphatic carbocycles. The van der Waals surface area contributed by atoms with Gasteiger partial charge in [-0.3, -0.25) is 0 Å². The lowest BCUT2D eigenvalue weighted by molar-refractivity contribution is -0.179. The Morgan fingerprint density at radius 2 is 1.93 bits per heavy atom. The predicted molar refractivity (Wildman–Crippen MR) is 106 cm³/mol. The fourth-order valence-corrected chi connectivity index (χ4v) is 9.49. The van der Waals surface area contributed by atoms with Gasteiger partial charge in [0.15, 0.2) is 0 Å². The van der Waals surface area contributed by atoms with Gasteiger partial charge in [-0.1, -0.05) is 34.4 Å². The van der Waals surface area contributed by atoms with Crippen molar-refractivity contribution in [2.45, 2.75) is 94.2 Å². The Kier molecular flexibility index (Phi) is 8.61. The van der Waals surface area contributed by atoms with Gasteiger partial charge in [-0.2, -0.15) is 18.4 Å². The molecule has 1 heterocycles. The Balaban J connectivity index is 2.31. The minimum Gasteiger partial charge on any atom is -0.321 e. The highest BCUT2D eigenvalue weighted by atomic mass is 33.1. The van der Waals surface area contributed by atoms with Crippen molar-refractivity contribution < 1.29 is 22.2 Å². The summed E-state index contributed by atoms with van der Waals surface area (Å²) in [5, 5.41) is 8.61. The van der Waals surface area contributed by atoms with Crippen molar-refractivity contribution in [3.05, 3.63) is 0 Å². The molecule has 0 N–H and O–H groups in total. The van der Waals surface area contributed by atoms with E-state index in [0.29, 0.717) is 6.42 Å². The van der Waals surface area contributed by atoms with E-state index in [4.69, 9.17) is 14.3 Å². The third-order valence-corrected chi connectivity index (χ3v) is 10.6. The van der Waals surface area contributed by atoms with Gasteiger partial charge in [0, 0.05) is 17.3 Å². The summed E-state index contributed by atoms with van der Waals surface area (Å²) in [5.41, 5.74) is 0. The van der Waals surface area contributed by atoms with Crippen LogP contribution in [0.15, 0.2) is 0 Å². The molecular weight excluding hydrogens is 416 g/mol. The molecule has 156 valence electrons. The zero-order valence-electron chi connectivity index (χ0n) is 16.2. The molecule has 0 amide bonds. The largest absolute Gasteiger partial charge is 0.406 e. The predicted octanol–water partition coefficient (Wildman–Crippen LogP) is 6.29. The number of hydrogen-bond acceptors (Lipinski definition) is 6. The Labute approximate surface area is 169 Å². The van der Waals surface area contributed by atoms with E-state index in [0.717, 1.165) is 23.6 Å². The van der Waals surface area contributed by atoms with Gasteiger partial charge in [-0.25, -0.2) is 4.67 Å². The maximum atomic E-state index is 14.1. The Bertz CT molecular complexity index is 525. The van der Waals surface area contributed by atoms with Gasteiger partial charge in [-0.05, 0) is 40.5 Å². The van der Waals surface area contributed by atoms with Gasteiger partial charge in [0.2, 0.25) is 0 Å². The molecule has 4 unspecified atom stereocenters. The van der Waals surface area contributed by atoms with Crippen LogP contribution in [0.25, 0.3) is 0 Å². The topological polar surface area (TPSA) is 45.5 Å². The number of alkyl halides is 3. The summed E-state index contributed by atoms with van der Waals surface area (Å²) < 4.78 is 54.6. The fraction of sp³-hybridized carbons (Fsp3) is 0.941. The molecule has 4 nitrogen and oxygen atoms in total. The summed E-state index contributed by atoms with van der Waals surface area (Å²) >= 11 is 0. The first-order valence-corrected chi connectivity index (χ1v) is 12.6. The summed E-state index contributed by atoms with van der Waals surface area (Å²) in [5.74, 6) is 0. The quantitative estimate of drug-likeness (QED) is 0.249. The van der Waals surface area contributed by atoms with Crippen LogP contribution in [0, 0.1) is 11.3 Å². The van der Waals surface area contributed by atoms with Crippen LogP contribution < -0.4 is 0 Å². The lowest BCUT2D eigenvalue weighted by Gasteiger charge is -2.41. The normalized spacial score (nSPS) is 30.0. The summed E-state index contributed by atoms with van der Waals surface area (Å²) in [6.45, 7) is 8.09. The minimum absolute atomic E-state index is 0.0590. The summed E-state index contributed by atoms with van der Waals surface area (Å²) in [6.07, 6.45) is -2.90. The number of halogens is 3. The summed E-state index contributed by atoms with van der Waals surface area (Å²) in [7, 11) is 0.567. The first-order chi connectivity index (χ1) is 12.6. The molecule has 2 fully saturated rings. The van der Waals surface area contributed by atoms with Gasteiger partial charge in [0.25, 0.3) is 8.53 Å². The molecule has 1 saturated carbocycles. The van der Waals surface area contributed by atoms with E-state index in [1.54, 1.807) is 0 Å². The van der Waals surface area contributed by atoms with Crippen molar-refractivity contribution in [3.63, 3.8) is 0 Å². The maximum Gasteiger partial charge on any atom is 0.406 e. The molecule has 27 heavy (non-hydrogen) atoms. The lowest BCUT2D eigenvalue weighted by Crippen LogP contribution is -2.52. The highest BCUT2D eigenvalue weighted by Gasteiger charge is 2.67. The van der Waals surface area contributed by atoms with Gasteiger partial charge < -0.3 is 9.05 Å². The highest BCUT2D eigenvalue weighted by molar-refractivity contribution is 8.78. The second-order valence-corrected chi connectivity index (χ2v) is 11.6. The monoisotopic (exact) mass is 444 g/mol. The molecular formula is C17H28F3N2O2PS2. The van der Waals surface area contributed by atoms with Gasteiger partial charge in [-0.15, -0.1) is 0 Å². The zero-order chi connectivity index (χ0) is 20.2. The van der Waals surface area contributed by atoms with Crippen molar-refractivity contribution in [1.29, 1.82) is 5.26 Å². The van der Waals surface area contributed by atoms with E-state index in [1.165, 1.54) is 10.8 Å². The average molecular weight is 445 g/mol. The summed E-state index contributed by atoms with van der Waals surface area (Å²) in [6, 6.07) is 2.14. The molecule has 10 heteroatoms. The van der Waals surface area contributed by atoms with E-state index in [-0.39, 0.29) is 36.8 Å². The van der Waals surface area contributed by atoms with Crippen LogP contribution in [0.1, 0.15) is 59.8 Å². The molecule has 0 radical (unpaired) electrons. The molecule has 1 aliphatic heterocycles. The van der Waals surface area contributed by atoms with Crippen molar-refractivity contribution >= 4 is 30.1 Å². The van der Waals surface area contributed by atoms with Crippen LogP contribution in [0.2, 0.25) is 0 Å². The number of nitrogens with zero attached hydrogens (tertiary/aromatic N) is 2. The third kappa shape index (κ3) is 5.26. The van der Waals surface area contributed by atoms with Crippen molar-refractivity contribution in [1.82, 2.24) is 4.67 Å². The molecule has 0 aromatic heterocycles. The molecule has 0 aromatic carbocycles. The first kappa shape index (κ1) is 23.6. The van der Waals surface area contributed by atoms with Crippen LogP contribution in [0.4, 0.5) is 13.2 Å². The van der Waals surface area contributed by atoms with Crippen LogP contribution in [-0.2, 0) is 9.05 Å². The van der Waals surface area contributed by atoms with E-state index in [2.05, 4.69) is 0 Å². The Morgan fingerprint density at radius 1 is 1.26 bits per heavy atom. The number of hydrogen-bond donors (Lipinski definition) is 0. The molecule has 1 saturated heterocycles.